The van der Waals surface area contributed by atoms with Crippen molar-refractivity contribution in [3.63, 3.8) is 0 Å². The van der Waals surface area contributed by atoms with Gasteiger partial charge in [-0.1, -0.05) is 0 Å². The molecule has 1 aliphatic rings. The van der Waals surface area contributed by atoms with Crippen LogP contribution in [0.1, 0.15) is 45.4 Å². The number of nitrogens with zero attached hydrogens (tertiary/aromatic N) is 1. The fraction of sp³-hybridized carbons (Fsp3) is 0.714. The van der Waals surface area contributed by atoms with Gasteiger partial charge in [-0.2, -0.15) is 0 Å². The van der Waals surface area contributed by atoms with Crippen LogP contribution in [-0.4, -0.2) is 30.1 Å². The normalized spacial score (nSPS) is 29.6. The molecule has 1 aromatic heterocycles. The lowest BCUT2D eigenvalue weighted by Crippen LogP contribution is -2.43. The highest BCUT2D eigenvalue weighted by atomic mass is 16.3. The summed E-state index contributed by atoms with van der Waals surface area (Å²) in [7, 11) is 0. The Labute approximate surface area is 104 Å². The Balaban J connectivity index is 1.99. The third kappa shape index (κ3) is 3.33. The van der Waals surface area contributed by atoms with Crippen molar-refractivity contribution in [3.8, 4) is 0 Å². The van der Waals surface area contributed by atoms with Gasteiger partial charge in [0.25, 0.3) is 0 Å². The largest absolute Gasteiger partial charge is 0.468 e. The Kier molecular flexibility index (Phi) is 4.24. The molecule has 2 rings (SSSR count). The summed E-state index contributed by atoms with van der Waals surface area (Å²) in [5.74, 6) is 1.08. The van der Waals surface area contributed by atoms with Crippen molar-refractivity contribution >= 4 is 0 Å². The summed E-state index contributed by atoms with van der Waals surface area (Å²) in [6.07, 6.45) is 4.17. The molecule has 1 aliphatic heterocycles. The van der Waals surface area contributed by atoms with Crippen molar-refractivity contribution in [1.29, 1.82) is 0 Å². The molecule has 3 atom stereocenters. The fourth-order valence-corrected chi connectivity index (χ4v) is 2.58. The second-order valence-corrected chi connectivity index (χ2v) is 5.27. The van der Waals surface area contributed by atoms with Gasteiger partial charge in [0.15, 0.2) is 0 Å². The van der Waals surface area contributed by atoms with Crippen molar-refractivity contribution in [1.82, 2.24) is 10.2 Å². The van der Waals surface area contributed by atoms with Gasteiger partial charge in [0, 0.05) is 25.2 Å². The van der Waals surface area contributed by atoms with Gasteiger partial charge in [0.1, 0.15) is 5.76 Å². The van der Waals surface area contributed by atoms with E-state index < -0.39 is 0 Å². The Bertz CT molecular complexity index is 311. The maximum absolute atomic E-state index is 5.52. The molecule has 1 saturated heterocycles. The summed E-state index contributed by atoms with van der Waals surface area (Å²) in [5, 5.41) is 3.63. The first-order valence-electron chi connectivity index (χ1n) is 6.70. The van der Waals surface area contributed by atoms with Gasteiger partial charge in [-0.05, 0) is 45.7 Å². The van der Waals surface area contributed by atoms with Gasteiger partial charge in [-0.15, -0.1) is 0 Å². The Morgan fingerprint density at radius 2 is 1.94 bits per heavy atom. The molecule has 1 N–H and O–H groups in total. The van der Waals surface area contributed by atoms with Gasteiger partial charge in [0.05, 0.1) is 12.3 Å². The molecule has 0 spiro atoms. The molecule has 3 nitrogen and oxygen atoms in total. The molecule has 3 heteroatoms. The lowest BCUT2D eigenvalue weighted by Gasteiger charge is -2.33. The minimum Gasteiger partial charge on any atom is -0.468 e. The smallest absolute Gasteiger partial charge is 0.120 e. The molecule has 0 radical (unpaired) electrons. The van der Waals surface area contributed by atoms with Crippen LogP contribution in [0.15, 0.2) is 22.8 Å². The van der Waals surface area contributed by atoms with Crippen LogP contribution in [0.5, 0.6) is 0 Å². The molecule has 3 unspecified atom stereocenters. The van der Waals surface area contributed by atoms with Gasteiger partial charge in [0.2, 0.25) is 0 Å². The molecule has 17 heavy (non-hydrogen) atoms. The summed E-state index contributed by atoms with van der Waals surface area (Å²) >= 11 is 0. The first-order chi connectivity index (χ1) is 8.16. The number of nitrogens with one attached hydrogen (secondary N) is 1. The molecule has 0 aliphatic carbocycles. The Morgan fingerprint density at radius 1 is 1.29 bits per heavy atom. The summed E-state index contributed by atoms with van der Waals surface area (Å²) in [5.41, 5.74) is 0. The van der Waals surface area contributed by atoms with Crippen molar-refractivity contribution < 1.29 is 4.42 Å². The number of furan rings is 1. The molecule has 0 saturated carbocycles. The second-order valence-electron chi connectivity index (χ2n) is 5.27. The molecular weight excluding hydrogens is 212 g/mol. The summed E-state index contributed by atoms with van der Waals surface area (Å²) in [6.45, 7) is 9.07. The molecular formula is C14H24N2O. The third-order valence-electron chi connectivity index (χ3n) is 3.77. The van der Waals surface area contributed by atoms with Gasteiger partial charge >= 0.3 is 0 Å². The molecule has 0 bridgehead atoms. The summed E-state index contributed by atoms with van der Waals surface area (Å²) in [6, 6.07) is 5.66. The van der Waals surface area contributed by atoms with Gasteiger partial charge < -0.3 is 9.73 Å². The fourth-order valence-electron chi connectivity index (χ4n) is 2.58. The molecule has 0 aromatic carbocycles. The van der Waals surface area contributed by atoms with E-state index in [0.717, 1.165) is 18.8 Å². The van der Waals surface area contributed by atoms with E-state index in [1.807, 2.05) is 6.07 Å². The summed E-state index contributed by atoms with van der Waals surface area (Å²) < 4.78 is 5.52. The van der Waals surface area contributed by atoms with Crippen LogP contribution >= 0.6 is 0 Å². The zero-order valence-electron chi connectivity index (χ0n) is 11.1. The highest BCUT2D eigenvalue weighted by molar-refractivity contribution is 5.03. The molecule has 0 amide bonds. The predicted molar refractivity (Wildman–Crippen MR) is 70.0 cm³/mol. The zero-order valence-corrected chi connectivity index (χ0v) is 11.1. The number of hydrogen-bond acceptors (Lipinski definition) is 3. The predicted octanol–water partition coefficient (Wildman–Crippen LogP) is 2.80. The van der Waals surface area contributed by atoms with Crippen molar-refractivity contribution in [2.24, 2.45) is 0 Å². The van der Waals surface area contributed by atoms with Crippen molar-refractivity contribution in [3.05, 3.63) is 24.2 Å². The zero-order chi connectivity index (χ0) is 12.3. The third-order valence-corrected chi connectivity index (χ3v) is 3.77. The van der Waals surface area contributed by atoms with E-state index in [9.17, 15) is 0 Å². The Morgan fingerprint density at radius 3 is 2.47 bits per heavy atom. The van der Waals surface area contributed by atoms with Gasteiger partial charge in [-0.3, -0.25) is 4.90 Å². The minimum atomic E-state index is 0.391. The minimum absolute atomic E-state index is 0.391. The van der Waals surface area contributed by atoms with E-state index in [0.29, 0.717) is 18.1 Å². The average molecular weight is 236 g/mol. The van der Waals surface area contributed by atoms with Gasteiger partial charge in [-0.25, -0.2) is 0 Å². The van der Waals surface area contributed by atoms with E-state index in [-0.39, 0.29) is 0 Å². The van der Waals surface area contributed by atoms with E-state index >= 15 is 0 Å². The summed E-state index contributed by atoms with van der Waals surface area (Å²) in [4.78, 5) is 2.53. The lowest BCUT2D eigenvalue weighted by molar-refractivity contribution is 0.156. The molecule has 2 heterocycles. The monoisotopic (exact) mass is 236 g/mol. The van der Waals surface area contributed by atoms with E-state index in [1.54, 1.807) is 6.26 Å². The first kappa shape index (κ1) is 12.7. The van der Waals surface area contributed by atoms with Crippen LogP contribution in [0, 0.1) is 0 Å². The topological polar surface area (TPSA) is 28.4 Å². The standard InChI is InChI=1S/C14H24N2O/c1-11-6-8-16(9-7-12(2)15-11)13(3)14-5-4-10-17-14/h4-5,10-13,15H,6-9H2,1-3H3. The van der Waals surface area contributed by atoms with Crippen LogP contribution in [0.3, 0.4) is 0 Å². The van der Waals surface area contributed by atoms with E-state index in [1.165, 1.54) is 12.8 Å². The van der Waals surface area contributed by atoms with Crippen LogP contribution < -0.4 is 5.32 Å². The van der Waals surface area contributed by atoms with Crippen molar-refractivity contribution in [2.45, 2.75) is 51.7 Å². The maximum Gasteiger partial charge on any atom is 0.120 e. The number of hydrogen-bond donors (Lipinski definition) is 1. The van der Waals surface area contributed by atoms with E-state index in [4.69, 9.17) is 4.42 Å². The maximum atomic E-state index is 5.52. The molecule has 96 valence electrons. The van der Waals surface area contributed by atoms with Crippen LogP contribution in [0.2, 0.25) is 0 Å². The number of rotatable bonds is 2. The lowest BCUT2D eigenvalue weighted by atomic mass is 10.1. The molecule has 1 fully saturated rings. The van der Waals surface area contributed by atoms with Crippen LogP contribution in [0.25, 0.3) is 0 Å². The average Bonchev–Trinajstić information content (AvgIpc) is 2.79. The highest BCUT2D eigenvalue weighted by Crippen LogP contribution is 2.22. The second kappa shape index (κ2) is 5.69. The van der Waals surface area contributed by atoms with Crippen molar-refractivity contribution in [2.75, 3.05) is 13.1 Å². The first-order valence-corrected chi connectivity index (χ1v) is 6.70. The quantitative estimate of drug-likeness (QED) is 0.856. The van der Waals surface area contributed by atoms with Crippen LogP contribution in [0.4, 0.5) is 0 Å². The SMILES string of the molecule is CC1CCN(C(C)c2ccco2)CCC(C)N1. The van der Waals surface area contributed by atoms with E-state index in [2.05, 4.69) is 37.1 Å². The van der Waals surface area contributed by atoms with Crippen LogP contribution in [-0.2, 0) is 0 Å². The Hall–Kier alpha value is -0.800. The molecule has 1 aromatic rings. The highest BCUT2D eigenvalue weighted by Gasteiger charge is 2.21.